The number of carbonyl (C=O) groups excluding carboxylic acids is 1. The minimum atomic E-state index is -4.15. The first-order chi connectivity index (χ1) is 17.4. The van der Waals surface area contributed by atoms with Gasteiger partial charge in [-0.2, -0.15) is 0 Å². The van der Waals surface area contributed by atoms with Gasteiger partial charge >= 0.3 is 0 Å². The lowest BCUT2D eigenvalue weighted by Gasteiger charge is -2.10. The van der Waals surface area contributed by atoms with Crippen LogP contribution in [0.25, 0.3) is 10.9 Å². The molecule has 0 saturated heterocycles. The van der Waals surface area contributed by atoms with Crippen molar-refractivity contribution >= 4 is 48.3 Å². The molecule has 3 aromatic carbocycles. The zero-order chi connectivity index (χ0) is 27.0. The zero-order valence-corrected chi connectivity index (χ0v) is 22.2. The lowest BCUT2D eigenvalue weighted by atomic mass is 10.2. The van der Waals surface area contributed by atoms with E-state index in [1.54, 1.807) is 26.0 Å². The summed E-state index contributed by atoms with van der Waals surface area (Å²) in [6.45, 7) is 3.18. The van der Waals surface area contributed by atoms with Crippen LogP contribution >= 0.6 is 11.6 Å². The van der Waals surface area contributed by atoms with Crippen LogP contribution in [0.15, 0.2) is 75.4 Å². The van der Waals surface area contributed by atoms with Crippen molar-refractivity contribution in [2.45, 2.75) is 28.5 Å². The molecule has 0 saturated carbocycles. The van der Waals surface area contributed by atoms with Crippen molar-refractivity contribution in [3.05, 3.63) is 88.3 Å². The number of carbonyl (C=O) groups is 1. The van der Waals surface area contributed by atoms with Gasteiger partial charge < -0.3 is 10.3 Å². The van der Waals surface area contributed by atoms with E-state index in [1.807, 2.05) is 6.07 Å². The number of aromatic amines is 1. The Morgan fingerprint density at radius 2 is 1.62 bits per heavy atom. The maximum absolute atomic E-state index is 13.7. The van der Waals surface area contributed by atoms with E-state index in [2.05, 4.69) is 15.0 Å². The van der Waals surface area contributed by atoms with Crippen LogP contribution in [-0.4, -0.2) is 40.8 Å². The first-order valence-corrected chi connectivity index (χ1v) is 14.4. The molecule has 0 radical (unpaired) electrons. The van der Waals surface area contributed by atoms with E-state index in [0.29, 0.717) is 10.5 Å². The second-order valence-corrected chi connectivity index (χ2v) is 12.5. The second-order valence-electron chi connectivity index (χ2n) is 8.46. The standard InChI is InChI=1S/C25H23ClFN3O5S2/c1-15-10-16(2)12-20(11-15)36(32,33)24-21-13-17(26)6-7-22(21)30-23(24)25(31)28-8-9-29-37(34,35)19-5-3-4-18(27)14-19/h3-7,10-14,29-30H,8-9H2,1-2H3,(H,28,31). The molecule has 0 atom stereocenters. The van der Waals surface area contributed by atoms with Crippen LogP contribution in [0.5, 0.6) is 0 Å². The number of sulfonamides is 1. The number of benzene rings is 3. The van der Waals surface area contributed by atoms with E-state index in [4.69, 9.17) is 11.6 Å². The van der Waals surface area contributed by atoms with E-state index >= 15 is 0 Å². The normalized spacial score (nSPS) is 12.1. The maximum Gasteiger partial charge on any atom is 0.269 e. The summed E-state index contributed by atoms with van der Waals surface area (Å²) in [6.07, 6.45) is 0. The molecule has 4 rings (SSSR count). The highest BCUT2D eigenvalue weighted by molar-refractivity contribution is 7.91. The number of aromatic nitrogens is 1. The van der Waals surface area contributed by atoms with Gasteiger partial charge in [0.2, 0.25) is 19.9 Å². The van der Waals surface area contributed by atoms with Gasteiger partial charge in [0, 0.05) is 29.0 Å². The summed E-state index contributed by atoms with van der Waals surface area (Å²) in [5, 5.41) is 3.07. The highest BCUT2D eigenvalue weighted by atomic mass is 35.5. The molecule has 0 aliphatic carbocycles. The Bertz CT molecular complexity index is 1710. The van der Waals surface area contributed by atoms with E-state index in [9.17, 15) is 26.0 Å². The van der Waals surface area contributed by atoms with Crippen LogP contribution in [0.4, 0.5) is 4.39 Å². The molecule has 3 N–H and O–H groups in total. The minimum absolute atomic E-state index is 0.0304. The van der Waals surface area contributed by atoms with Gasteiger partial charge in [-0.05, 0) is 73.5 Å². The fraction of sp³-hybridized carbons (Fsp3) is 0.160. The fourth-order valence-electron chi connectivity index (χ4n) is 3.95. The third-order valence-electron chi connectivity index (χ3n) is 5.52. The van der Waals surface area contributed by atoms with E-state index < -0.39 is 31.6 Å². The van der Waals surface area contributed by atoms with Crippen molar-refractivity contribution in [3.63, 3.8) is 0 Å². The Kier molecular flexibility index (Phi) is 7.43. The molecular weight excluding hydrogens is 541 g/mol. The molecule has 1 heterocycles. The molecule has 37 heavy (non-hydrogen) atoms. The Morgan fingerprint density at radius 3 is 2.30 bits per heavy atom. The number of fused-ring (bicyclic) bond motifs is 1. The number of rotatable bonds is 8. The summed E-state index contributed by atoms with van der Waals surface area (Å²) in [4.78, 5) is 15.5. The third-order valence-corrected chi connectivity index (χ3v) is 9.03. The van der Waals surface area contributed by atoms with Gasteiger partial charge in [0.1, 0.15) is 16.4 Å². The van der Waals surface area contributed by atoms with Gasteiger partial charge in [0.15, 0.2) is 0 Å². The number of amides is 1. The van der Waals surface area contributed by atoms with E-state index in [1.165, 1.54) is 30.3 Å². The van der Waals surface area contributed by atoms with Crippen molar-refractivity contribution in [1.29, 1.82) is 0 Å². The summed E-state index contributed by atoms with van der Waals surface area (Å²) < 4.78 is 67.8. The molecule has 0 bridgehead atoms. The molecule has 0 spiro atoms. The first-order valence-electron chi connectivity index (χ1n) is 11.1. The molecule has 0 aliphatic heterocycles. The molecule has 0 fully saturated rings. The summed E-state index contributed by atoms with van der Waals surface area (Å²) in [6, 6.07) is 14.0. The lowest BCUT2D eigenvalue weighted by molar-refractivity contribution is 0.0947. The average molecular weight is 564 g/mol. The van der Waals surface area contributed by atoms with Gasteiger partial charge in [-0.1, -0.05) is 23.7 Å². The smallest absolute Gasteiger partial charge is 0.269 e. The lowest BCUT2D eigenvalue weighted by Crippen LogP contribution is -2.35. The van der Waals surface area contributed by atoms with Crippen LogP contribution < -0.4 is 10.0 Å². The van der Waals surface area contributed by atoms with Gasteiger partial charge in [0.05, 0.1) is 9.79 Å². The van der Waals surface area contributed by atoms with Gasteiger partial charge in [0.25, 0.3) is 5.91 Å². The van der Waals surface area contributed by atoms with Crippen LogP contribution in [0.2, 0.25) is 5.02 Å². The third kappa shape index (κ3) is 5.69. The molecule has 0 aliphatic rings. The fourth-order valence-corrected chi connectivity index (χ4v) is 6.98. The Morgan fingerprint density at radius 1 is 0.919 bits per heavy atom. The van der Waals surface area contributed by atoms with E-state index in [-0.39, 0.29) is 38.9 Å². The Hall–Kier alpha value is -3.25. The SMILES string of the molecule is Cc1cc(C)cc(S(=O)(=O)c2c(C(=O)NCCNS(=O)(=O)c3cccc(F)c3)[nH]c3ccc(Cl)cc23)c1. The quantitative estimate of drug-likeness (QED) is 0.278. The molecule has 0 unspecified atom stereocenters. The average Bonchev–Trinajstić information content (AvgIpc) is 3.20. The molecule has 1 amide bonds. The maximum atomic E-state index is 13.7. The highest BCUT2D eigenvalue weighted by Gasteiger charge is 2.30. The molecule has 194 valence electrons. The predicted octanol–water partition coefficient (Wildman–Crippen LogP) is 4.12. The van der Waals surface area contributed by atoms with Crippen LogP contribution in [0.1, 0.15) is 21.6 Å². The number of sulfone groups is 1. The predicted molar refractivity (Wildman–Crippen MR) is 139 cm³/mol. The summed E-state index contributed by atoms with van der Waals surface area (Å²) in [5.74, 6) is -1.45. The largest absolute Gasteiger partial charge is 0.349 e. The topological polar surface area (TPSA) is 125 Å². The van der Waals surface area contributed by atoms with Crippen molar-refractivity contribution in [1.82, 2.24) is 15.0 Å². The number of hydrogen-bond acceptors (Lipinski definition) is 5. The second kappa shape index (κ2) is 10.3. The minimum Gasteiger partial charge on any atom is -0.349 e. The number of nitrogens with one attached hydrogen (secondary N) is 3. The summed E-state index contributed by atoms with van der Waals surface area (Å²) in [7, 11) is -8.16. The van der Waals surface area contributed by atoms with Crippen molar-refractivity contribution in [2.24, 2.45) is 0 Å². The number of aryl methyl sites for hydroxylation is 2. The molecule has 12 heteroatoms. The van der Waals surface area contributed by atoms with Gasteiger partial charge in [-0.3, -0.25) is 4.79 Å². The van der Waals surface area contributed by atoms with Crippen molar-refractivity contribution in [2.75, 3.05) is 13.1 Å². The monoisotopic (exact) mass is 563 g/mol. The van der Waals surface area contributed by atoms with Crippen LogP contribution in [0, 0.1) is 19.7 Å². The molecule has 4 aromatic rings. The van der Waals surface area contributed by atoms with Crippen molar-refractivity contribution < 1.29 is 26.0 Å². The Labute approximate surface area is 218 Å². The molecule has 8 nitrogen and oxygen atoms in total. The summed E-state index contributed by atoms with van der Waals surface area (Å²) in [5.41, 5.74) is 1.68. The number of halogens is 2. The van der Waals surface area contributed by atoms with Crippen molar-refractivity contribution in [3.8, 4) is 0 Å². The zero-order valence-electron chi connectivity index (χ0n) is 19.8. The van der Waals surface area contributed by atoms with Crippen LogP contribution in [-0.2, 0) is 19.9 Å². The van der Waals surface area contributed by atoms with Crippen LogP contribution in [0.3, 0.4) is 0 Å². The Balaban J connectivity index is 1.62. The summed E-state index contributed by atoms with van der Waals surface area (Å²) >= 11 is 6.13. The number of hydrogen-bond donors (Lipinski definition) is 3. The molecule has 1 aromatic heterocycles. The van der Waals surface area contributed by atoms with Gasteiger partial charge in [-0.15, -0.1) is 0 Å². The van der Waals surface area contributed by atoms with Gasteiger partial charge in [-0.25, -0.2) is 25.9 Å². The highest BCUT2D eigenvalue weighted by Crippen LogP contribution is 2.34. The molecular formula is C25H23ClFN3O5S2. The van der Waals surface area contributed by atoms with E-state index in [0.717, 1.165) is 23.3 Å². The first kappa shape index (κ1) is 26.8. The number of H-pyrrole nitrogens is 1.